The molecule has 1 aliphatic heterocycles. The SMILES string of the molecule is CC(C)(C)OC(=O)N1CCC(N)c2cc(I)ccc2C1. The molecule has 110 valence electrons. The molecule has 5 heteroatoms. The zero-order chi connectivity index (χ0) is 14.9. The largest absolute Gasteiger partial charge is 0.444 e. The number of fused-ring (bicyclic) bond motifs is 1. The van der Waals surface area contributed by atoms with Gasteiger partial charge in [-0.15, -0.1) is 0 Å². The van der Waals surface area contributed by atoms with E-state index in [-0.39, 0.29) is 12.1 Å². The van der Waals surface area contributed by atoms with Gasteiger partial charge in [0.2, 0.25) is 0 Å². The van der Waals surface area contributed by atoms with Crippen molar-refractivity contribution < 1.29 is 9.53 Å². The normalized spacial score (nSPS) is 19.2. The van der Waals surface area contributed by atoms with Crippen LogP contribution < -0.4 is 5.73 Å². The number of halogens is 1. The molecular weight excluding hydrogens is 367 g/mol. The lowest BCUT2D eigenvalue weighted by molar-refractivity contribution is 0.0235. The van der Waals surface area contributed by atoms with Gasteiger partial charge in [0.05, 0.1) is 0 Å². The minimum absolute atomic E-state index is 0.0212. The van der Waals surface area contributed by atoms with Crippen molar-refractivity contribution in [1.29, 1.82) is 0 Å². The first-order chi connectivity index (χ1) is 9.26. The summed E-state index contributed by atoms with van der Waals surface area (Å²) in [7, 11) is 0. The van der Waals surface area contributed by atoms with Crippen LogP contribution in [0.4, 0.5) is 4.79 Å². The molecule has 0 saturated heterocycles. The Hall–Kier alpha value is -0.820. The number of carbonyl (C=O) groups excluding carboxylic acids is 1. The quantitative estimate of drug-likeness (QED) is 0.693. The monoisotopic (exact) mass is 388 g/mol. The molecule has 1 aromatic carbocycles. The first kappa shape index (κ1) is 15.6. The summed E-state index contributed by atoms with van der Waals surface area (Å²) >= 11 is 2.28. The van der Waals surface area contributed by atoms with E-state index >= 15 is 0 Å². The number of nitrogens with two attached hydrogens (primary N) is 1. The lowest BCUT2D eigenvalue weighted by atomic mass is 10.0. The number of benzene rings is 1. The van der Waals surface area contributed by atoms with Gasteiger partial charge in [-0.3, -0.25) is 0 Å². The molecule has 0 bridgehead atoms. The average molecular weight is 388 g/mol. The van der Waals surface area contributed by atoms with Crippen LogP contribution in [0.5, 0.6) is 0 Å². The summed E-state index contributed by atoms with van der Waals surface area (Å²) in [6.45, 7) is 6.83. The molecule has 2 N–H and O–H groups in total. The first-order valence-electron chi connectivity index (χ1n) is 6.78. The van der Waals surface area contributed by atoms with Crippen LogP contribution in [0.1, 0.15) is 44.4 Å². The van der Waals surface area contributed by atoms with Crippen molar-refractivity contribution in [3.05, 3.63) is 32.9 Å². The Morgan fingerprint density at radius 1 is 1.45 bits per heavy atom. The van der Waals surface area contributed by atoms with Crippen LogP contribution in [0.3, 0.4) is 0 Å². The van der Waals surface area contributed by atoms with Crippen molar-refractivity contribution in [2.24, 2.45) is 5.73 Å². The van der Waals surface area contributed by atoms with Gasteiger partial charge in [-0.05, 0) is 73.0 Å². The first-order valence-corrected chi connectivity index (χ1v) is 7.86. The molecule has 1 atom stereocenters. The fourth-order valence-electron chi connectivity index (χ4n) is 2.27. The molecule has 0 aromatic heterocycles. The van der Waals surface area contributed by atoms with Crippen molar-refractivity contribution >= 4 is 28.7 Å². The van der Waals surface area contributed by atoms with E-state index < -0.39 is 5.60 Å². The van der Waals surface area contributed by atoms with Crippen LogP contribution in [-0.4, -0.2) is 23.1 Å². The molecule has 2 rings (SSSR count). The standard InChI is InChI=1S/C15H21IN2O2/c1-15(2,3)20-14(19)18-7-6-13(17)12-8-11(16)5-4-10(12)9-18/h4-5,8,13H,6-7,9,17H2,1-3H3. The van der Waals surface area contributed by atoms with Gasteiger partial charge in [-0.1, -0.05) is 6.07 Å². The molecular formula is C15H21IN2O2. The second-order valence-electron chi connectivity index (χ2n) is 6.14. The topological polar surface area (TPSA) is 55.6 Å². The van der Waals surface area contributed by atoms with E-state index in [2.05, 4.69) is 34.7 Å². The highest BCUT2D eigenvalue weighted by Gasteiger charge is 2.26. The van der Waals surface area contributed by atoms with Crippen molar-refractivity contribution in [1.82, 2.24) is 4.90 Å². The number of hydrogen-bond acceptors (Lipinski definition) is 3. The number of rotatable bonds is 0. The van der Waals surface area contributed by atoms with Crippen LogP contribution in [0.25, 0.3) is 0 Å². The van der Waals surface area contributed by atoms with Crippen LogP contribution >= 0.6 is 22.6 Å². The van der Waals surface area contributed by atoms with E-state index in [9.17, 15) is 4.79 Å². The maximum absolute atomic E-state index is 12.2. The van der Waals surface area contributed by atoms with Crippen molar-refractivity contribution in [2.45, 2.75) is 45.4 Å². The zero-order valence-electron chi connectivity index (χ0n) is 12.1. The van der Waals surface area contributed by atoms with Crippen molar-refractivity contribution in [2.75, 3.05) is 6.54 Å². The van der Waals surface area contributed by atoms with Gasteiger partial charge in [0.1, 0.15) is 5.60 Å². The van der Waals surface area contributed by atoms with Crippen molar-refractivity contribution in [3.8, 4) is 0 Å². The maximum atomic E-state index is 12.2. The Labute approximate surface area is 133 Å². The van der Waals surface area contributed by atoms with Crippen LogP contribution in [0.2, 0.25) is 0 Å². The Bertz CT molecular complexity index is 511. The molecule has 0 saturated carbocycles. The molecule has 0 radical (unpaired) electrons. The molecule has 1 heterocycles. The highest BCUT2D eigenvalue weighted by atomic mass is 127. The van der Waals surface area contributed by atoms with Crippen LogP contribution in [-0.2, 0) is 11.3 Å². The van der Waals surface area contributed by atoms with Gasteiger partial charge in [0.15, 0.2) is 0 Å². The summed E-state index contributed by atoms with van der Waals surface area (Å²) in [6.07, 6.45) is 0.489. The Balaban J connectivity index is 2.20. The lowest BCUT2D eigenvalue weighted by Gasteiger charge is -2.26. The average Bonchev–Trinajstić information content (AvgIpc) is 2.48. The van der Waals surface area contributed by atoms with Crippen LogP contribution in [0.15, 0.2) is 18.2 Å². The number of carbonyl (C=O) groups is 1. The third-order valence-corrected chi connectivity index (χ3v) is 3.90. The highest BCUT2D eigenvalue weighted by molar-refractivity contribution is 14.1. The maximum Gasteiger partial charge on any atom is 0.410 e. The summed E-state index contributed by atoms with van der Waals surface area (Å²) in [5, 5.41) is 0. The lowest BCUT2D eigenvalue weighted by Crippen LogP contribution is -2.36. The van der Waals surface area contributed by atoms with Crippen LogP contribution in [0, 0.1) is 3.57 Å². The molecule has 4 nitrogen and oxygen atoms in total. The predicted octanol–water partition coefficient (Wildman–Crippen LogP) is 3.43. The second kappa shape index (κ2) is 5.89. The molecule has 1 aliphatic rings. The Morgan fingerprint density at radius 3 is 2.80 bits per heavy atom. The predicted molar refractivity (Wildman–Crippen MR) is 87.3 cm³/mol. The van der Waals surface area contributed by atoms with Gasteiger partial charge in [0, 0.05) is 22.7 Å². The van der Waals surface area contributed by atoms with Gasteiger partial charge in [-0.2, -0.15) is 0 Å². The molecule has 1 unspecified atom stereocenters. The summed E-state index contributed by atoms with van der Waals surface area (Å²) in [6, 6.07) is 6.19. The van der Waals surface area contributed by atoms with Gasteiger partial charge in [0.25, 0.3) is 0 Å². The number of ether oxygens (including phenoxy) is 1. The van der Waals surface area contributed by atoms with Gasteiger partial charge >= 0.3 is 6.09 Å². The highest BCUT2D eigenvalue weighted by Crippen LogP contribution is 2.27. The molecule has 20 heavy (non-hydrogen) atoms. The zero-order valence-corrected chi connectivity index (χ0v) is 14.3. The summed E-state index contributed by atoms with van der Waals surface area (Å²) in [5.41, 5.74) is 8.00. The summed E-state index contributed by atoms with van der Waals surface area (Å²) in [4.78, 5) is 14.0. The number of nitrogens with zero attached hydrogens (tertiary/aromatic N) is 1. The molecule has 1 aromatic rings. The summed E-state index contributed by atoms with van der Waals surface area (Å²) < 4.78 is 6.62. The Kier molecular flexibility index (Phi) is 4.59. The van der Waals surface area contributed by atoms with Gasteiger partial charge < -0.3 is 15.4 Å². The van der Waals surface area contributed by atoms with E-state index in [0.29, 0.717) is 13.1 Å². The van der Waals surface area contributed by atoms with E-state index in [1.165, 1.54) is 3.57 Å². The van der Waals surface area contributed by atoms with Gasteiger partial charge in [-0.25, -0.2) is 4.79 Å². The minimum Gasteiger partial charge on any atom is -0.444 e. The summed E-state index contributed by atoms with van der Waals surface area (Å²) in [5.74, 6) is 0. The van der Waals surface area contributed by atoms with Crippen molar-refractivity contribution in [3.63, 3.8) is 0 Å². The number of amides is 1. The smallest absolute Gasteiger partial charge is 0.410 e. The molecule has 0 aliphatic carbocycles. The fourth-order valence-corrected chi connectivity index (χ4v) is 2.79. The van der Waals surface area contributed by atoms with E-state index in [1.54, 1.807) is 4.90 Å². The molecule has 0 fully saturated rings. The van der Waals surface area contributed by atoms with E-state index in [4.69, 9.17) is 10.5 Å². The Morgan fingerprint density at radius 2 is 2.15 bits per heavy atom. The number of hydrogen-bond donors (Lipinski definition) is 1. The second-order valence-corrected chi connectivity index (χ2v) is 7.39. The van der Waals surface area contributed by atoms with E-state index in [1.807, 2.05) is 26.8 Å². The molecule has 1 amide bonds. The van der Waals surface area contributed by atoms with E-state index in [0.717, 1.165) is 17.5 Å². The third kappa shape index (κ3) is 3.85. The fraction of sp³-hybridized carbons (Fsp3) is 0.533. The third-order valence-electron chi connectivity index (χ3n) is 3.23. The molecule has 0 spiro atoms. The minimum atomic E-state index is -0.472.